The van der Waals surface area contributed by atoms with Crippen LogP contribution in [0.5, 0.6) is 0 Å². The van der Waals surface area contributed by atoms with Gasteiger partial charge in [-0.2, -0.15) is 0 Å². The van der Waals surface area contributed by atoms with E-state index in [-0.39, 0.29) is 24.8 Å². The van der Waals surface area contributed by atoms with Crippen LogP contribution in [-0.4, -0.2) is 31.3 Å². The maximum absolute atomic E-state index is 13.0. The fraction of sp³-hybridized carbons (Fsp3) is 1.00. The van der Waals surface area contributed by atoms with Crippen molar-refractivity contribution < 1.29 is 27.2 Å². The van der Waals surface area contributed by atoms with E-state index in [1.807, 2.05) is 13.8 Å². The lowest BCUT2D eigenvalue weighted by Crippen LogP contribution is -2.24. The van der Waals surface area contributed by atoms with Crippen LogP contribution in [0, 0.1) is 5.92 Å². The van der Waals surface area contributed by atoms with E-state index in [9.17, 15) is 9.13 Å². The minimum Gasteiger partial charge on any atom is -0.309 e. The highest BCUT2D eigenvalue weighted by molar-refractivity contribution is 7.58. The Kier molecular flexibility index (Phi) is 7.59. The molecule has 4 atom stereocenters. The van der Waals surface area contributed by atoms with Crippen molar-refractivity contribution in [3.63, 3.8) is 0 Å². The Morgan fingerprint density at radius 3 is 1.95 bits per heavy atom. The Morgan fingerprint density at radius 1 is 1.00 bits per heavy atom. The minimum atomic E-state index is -3.47. The van der Waals surface area contributed by atoms with Gasteiger partial charge in [0.1, 0.15) is 0 Å². The Bertz CT molecular complexity index is 403. The van der Waals surface area contributed by atoms with Crippen LogP contribution in [0.2, 0.25) is 0 Å². The van der Waals surface area contributed by atoms with E-state index in [2.05, 4.69) is 0 Å². The monoisotopic (exact) mass is 342 g/mol. The van der Waals surface area contributed by atoms with E-state index in [1.165, 1.54) is 0 Å². The third-order valence-corrected chi connectivity index (χ3v) is 8.86. The van der Waals surface area contributed by atoms with Crippen LogP contribution < -0.4 is 0 Å². The van der Waals surface area contributed by atoms with Gasteiger partial charge in [0.25, 0.3) is 0 Å². The van der Waals surface area contributed by atoms with Gasteiger partial charge in [0.15, 0.2) is 5.85 Å². The van der Waals surface area contributed by atoms with Gasteiger partial charge in [0.2, 0.25) is 0 Å². The molecule has 0 amide bonds. The molecule has 0 bridgehead atoms. The van der Waals surface area contributed by atoms with Crippen molar-refractivity contribution in [2.75, 3.05) is 19.8 Å². The maximum Gasteiger partial charge on any atom is 0.360 e. The number of hydrogen-bond acceptors (Lipinski definition) is 6. The molecule has 1 heterocycles. The second-order valence-electron chi connectivity index (χ2n) is 4.88. The number of rotatable bonds is 9. The second-order valence-corrected chi connectivity index (χ2v) is 9.19. The molecule has 0 aromatic carbocycles. The summed E-state index contributed by atoms with van der Waals surface area (Å²) in [5, 5.41) is 0. The van der Waals surface area contributed by atoms with E-state index in [4.69, 9.17) is 18.1 Å². The van der Waals surface area contributed by atoms with Crippen molar-refractivity contribution in [1.82, 2.24) is 0 Å². The molecule has 6 nitrogen and oxygen atoms in total. The molecule has 4 unspecified atom stereocenters. The maximum atomic E-state index is 13.0. The zero-order valence-corrected chi connectivity index (χ0v) is 15.4. The summed E-state index contributed by atoms with van der Waals surface area (Å²) >= 11 is 0. The molecular formula is C13H28O6P2. The predicted octanol–water partition coefficient (Wildman–Crippen LogP) is 4.64. The average Bonchev–Trinajstić information content (AvgIpc) is 2.72. The van der Waals surface area contributed by atoms with Crippen molar-refractivity contribution >= 4 is 15.2 Å². The molecule has 0 spiro atoms. The van der Waals surface area contributed by atoms with Gasteiger partial charge in [0.05, 0.1) is 25.5 Å². The van der Waals surface area contributed by atoms with E-state index in [1.54, 1.807) is 20.8 Å². The molecule has 1 fully saturated rings. The first kappa shape index (κ1) is 19.3. The van der Waals surface area contributed by atoms with Gasteiger partial charge in [-0.15, -0.1) is 0 Å². The largest absolute Gasteiger partial charge is 0.360 e. The SMILES string of the molecule is CCOP1(=O)OC(P(=O)(OCC)OCC)C(CC)C1CC. The Balaban J connectivity index is 3.16. The van der Waals surface area contributed by atoms with Gasteiger partial charge in [-0.25, -0.2) is 0 Å². The topological polar surface area (TPSA) is 71.1 Å². The molecule has 0 radical (unpaired) electrons. The first-order valence-electron chi connectivity index (χ1n) is 7.73. The van der Waals surface area contributed by atoms with E-state index < -0.39 is 21.0 Å². The van der Waals surface area contributed by atoms with Gasteiger partial charge in [-0.05, 0) is 33.6 Å². The average molecular weight is 342 g/mol. The number of hydrogen-bond donors (Lipinski definition) is 0. The Hall–Kier alpha value is 0.300. The molecule has 1 aliphatic heterocycles. The lowest BCUT2D eigenvalue weighted by molar-refractivity contribution is 0.137. The third kappa shape index (κ3) is 3.99. The Labute approximate surface area is 127 Å². The molecule has 1 saturated heterocycles. The normalized spacial score (nSPS) is 33.5. The summed E-state index contributed by atoms with van der Waals surface area (Å²) in [5.74, 6) is -0.971. The molecule has 0 N–H and O–H groups in total. The zero-order chi connectivity index (χ0) is 16.1. The summed E-state index contributed by atoms with van der Waals surface area (Å²) in [5.41, 5.74) is -0.262. The molecular weight excluding hydrogens is 314 g/mol. The van der Waals surface area contributed by atoms with Crippen LogP contribution >= 0.6 is 15.2 Å². The van der Waals surface area contributed by atoms with E-state index in [0.717, 1.165) is 0 Å². The highest BCUT2D eigenvalue weighted by Gasteiger charge is 2.59. The first-order chi connectivity index (χ1) is 9.92. The van der Waals surface area contributed by atoms with Crippen molar-refractivity contribution in [3.8, 4) is 0 Å². The Morgan fingerprint density at radius 2 is 1.57 bits per heavy atom. The molecule has 0 aromatic rings. The van der Waals surface area contributed by atoms with Crippen molar-refractivity contribution in [2.45, 2.75) is 59.0 Å². The molecule has 126 valence electrons. The molecule has 1 rings (SSSR count). The molecule has 21 heavy (non-hydrogen) atoms. The van der Waals surface area contributed by atoms with Crippen molar-refractivity contribution in [2.24, 2.45) is 5.92 Å². The molecule has 0 aromatic heterocycles. The van der Waals surface area contributed by atoms with Crippen LogP contribution in [0.1, 0.15) is 47.5 Å². The summed E-state index contributed by atoms with van der Waals surface area (Å²) in [7, 11) is -6.75. The van der Waals surface area contributed by atoms with E-state index >= 15 is 0 Å². The van der Waals surface area contributed by atoms with Crippen molar-refractivity contribution in [1.29, 1.82) is 0 Å². The summed E-state index contributed by atoms with van der Waals surface area (Å²) in [6.07, 6.45) is 1.33. The highest BCUT2D eigenvalue weighted by atomic mass is 31.2. The molecule has 1 aliphatic rings. The summed E-state index contributed by atoms with van der Waals surface area (Å²) in [6.45, 7) is 9.98. The third-order valence-electron chi connectivity index (χ3n) is 3.65. The first-order valence-corrected chi connectivity index (χ1v) is 11.0. The van der Waals surface area contributed by atoms with Crippen LogP contribution in [0.4, 0.5) is 0 Å². The molecule has 0 aliphatic carbocycles. The minimum absolute atomic E-state index is 0.156. The highest BCUT2D eigenvalue weighted by Crippen LogP contribution is 2.72. The summed E-state index contributed by atoms with van der Waals surface area (Å²) < 4.78 is 47.8. The van der Waals surface area contributed by atoms with Gasteiger partial charge in [-0.3, -0.25) is 13.7 Å². The van der Waals surface area contributed by atoms with Crippen LogP contribution in [0.15, 0.2) is 0 Å². The van der Waals surface area contributed by atoms with Crippen LogP contribution in [-0.2, 0) is 27.2 Å². The van der Waals surface area contributed by atoms with Gasteiger partial charge in [0, 0.05) is 5.92 Å². The zero-order valence-electron chi connectivity index (χ0n) is 13.6. The fourth-order valence-corrected chi connectivity index (χ4v) is 8.35. The predicted molar refractivity (Wildman–Crippen MR) is 82.8 cm³/mol. The standard InChI is InChI=1S/C13H28O6P2/c1-6-11-12(7-2)20(14,16-8-3)19-13(11)21(15,17-9-4)18-10-5/h11-13H,6-10H2,1-5H3. The van der Waals surface area contributed by atoms with Gasteiger partial charge >= 0.3 is 15.2 Å². The van der Waals surface area contributed by atoms with Crippen molar-refractivity contribution in [3.05, 3.63) is 0 Å². The molecule has 0 saturated carbocycles. The van der Waals surface area contributed by atoms with Crippen LogP contribution in [0.3, 0.4) is 0 Å². The quantitative estimate of drug-likeness (QED) is 0.568. The van der Waals surface area contributed by atoms with Crippen LogP contribution in [0.25, 0.3) is 0 Å². The lowest BCUT2D eigenvalue weighted by atomic mass is 10.0. The lowest BCUT2D eigenvalue weighted by Gasteiger charge is -2.26. The van der Waals surface area contributed by atoms with Gasteiger partial charge < -0.3 is 13.6 Å². The summed E-state index contributed by atoms with van der Waals surface area (Å²) in [6, 6.07) is 0. The smallest absolute Gasteiger partial charge is 0.309 e. The second kappa shape index (κ2) is 8.24. The fourth-order valence-electron chi connectivity index (χ4n) is 2.87. The molecule has 8 heteroatoms. The summed E-state index contributed by atoms with van der Waals surface area (Å²) in [4.78, 5) is 0. The van der Waals surface area contributed by atoms with E-state index in [0.29, 0.717) is 19.4 Å². The van der Waals surface area contributed by atoms with Gasteiger partial charge in [-0.1, -0.05) is 13.8 Å².